The van der Waals surface area contributed by atoms with Gasteiger partial charge in [-0.3, -0.25) is 0 Å². The van der Waals surface area contributed by atoms with Crippen molar-refractivity contribution in [1.82, 2.24) is 0 Å². The molecular weight excluding hydrogens is 480 g/mol. The summed E-state index contributed by atoms with van der Waals surface area (Å²) in [6.07, 6.45) is 19.0. The molecule has 0 saturated carbocycles. The molecule has 0 N–H and O–H groups in total. The zero-order valence-electron chi connectivity index (χ0n) is 21.0. The van der Waals surface area contributed by atoms with Gasteiger partial charge < -0.3 is 9.47 Å². The maximum atomic E-state index is 12.6. The number of carbonyl (C=O) groups excluding carboxylic acids is 2. The molecule has 1 rings (SSSR count). The van der Waals surface area contributed by atoms with Crippen LogP contribution >= 0.6 is 15.9 Å². The van der Waals surface area contributed by atoms with Crippen LogP contribution in [0.5, 0.6) is 0 Å². The lowest BCUT2D eigenvalue weighted by molar-refractivity contribution is 0.0450. The molecule has 0 aliphatic heterocycles. The first-order valence-corrected chi connectivity index (χ1v) is 14.0. The molecule has 0 heterocycles. The maximum Gasteiger partial charge on any atom is 0.339 e. The first kappa shape index (κ1) is 29.7. The monoisotopic (exact) mass is 524 g/mol. The van der Waals surface area contributed by atoms with Gasteiger partial charge in [0.05, 0.1) is 24.3 Å². The Morgan fingerprint density at radius 2 is 1.00 bits per heavy atom. The predicted octanol–water partition coefficient (Wildman–Crippen LogP) is 9.04. The molecule has 0 radical (unpaired) electrons. The molecule has 0 bridgehead atoms. The smallest absolute Gasteiger partial charge is 0.339 e. The fourth-order valence-corrected chi connectivity index (χ4v) is 4.18. The van der Waals surface area contributed by atoms with Crippen LogP contribution in [0.4, 0.5) is 0 Å². The van der Waals surface area contributed by atoms with Crippen LogP contribution in [0.15, 0.2) is 22.7 Å². The Hall–Kier alpha value is -1.36. The van der Waals surface area contributed by atoms with Crippen LogP contribution in [0.1, 0.15) is 137 Å². The third-order valence-electron chi connectivity index (χ3n) is 5.88. The molecule has 0 fully saturated rings. The van der Waals surface area contributed by atoms with E-state index in [1.807, 2.05) is 0 Å². The molecule has 1 aromatic rings. The summed E-state index contributed by atoms with van der Waals surface area (Å²) in [5.74, 6) is -0.914. The highest BCUT2D eigenvalue weighted by Crippen LogP contribution is 2.19. The highest BCUT2D eigenvalue weighted by Gasteiger charge is 2.20. The average molecular weight is 526 g/mol. The van der Waals surface area contributed by atoms with Gasteiger partial charge in [0.2, 0.25) is 0 Å². The molecule has 33 heavy (non-hydrogen) atoms. The predicted molar refractivity (Wildman–Crippen MR) is 140 cm³/mol. The Labute approximate surface area is 210 Å². The molecule has 188 valence electrons. The lowest BCUT2D eigenvalue weighted by Crippen LogP contribution is -2.15. The van der Waals surface area contributed by atoms with Crippen LogP contribution in [0.2, 0.25) is 0 Å². The lowest BCUT2D eigenvalue weighted by atomic mass is 10.1. The minimum Gasteiger partial charge on any atom is -0.462 e. The second-order valence-electron chi connectivity index (χ2n) is 8.91. The number of carbonyl (C=O) groups is 2. The molecule has 0 aliphatic carbocycles. The summed E-state index contributed by atoms with van der Waals surface area (Å²) in [5, 5.41) is 0. The fraction of sp³-hybridized carbons (Fsp3) is 0.714. The van der Waals surface area contributed by atoms with Gasteiger partial charge in [-0.2, -0.15) is 0 Å². The van der Waals surface area contributed by atoms with Gasteiger partial charge in [0.25, 0.3) is 0 Å². The summed E-state index contributed by atoms with van der Waals surface area (Å²) in [4.78, 5) is 25.2. The molecule has 0 unspecified atom stereocenters. The van der Waals surface area contributed by atoms with Crippen LogP contribution < -0.4 is 0 Å². The van der Waals surface area contributed by atoms with E-state index < -0.39 is 11.9 Å². The van der Waals surface area contributed by atoms with Gasteiger partial charge in [0.1, 0.15) is 0 Å². The molecule has 0 atom stereocenters. The largest absolute Gasteiger partial charge is 0.462 e. The van der Waals surface area contributed by atoms with E-state index in [9.17, 15) is 9.59 Å². The number of hydrogen-bond donors (Lipinski definition) is 0. The van der Waals surface area contributed by atoms with Gasteiger partial charge >= 0.3 is 11.9 Å². The topological polar surface area (TPSA) is 52.6 Å². The van der Waals surface area contributed by atoms with E-state index in [1.165, 1.54) is 77.0 Å². The van der Waals surface area contributed by atoms with E-state index in [4.69, 9.17) is 9.47 Å². The van der Waals surface area contributed by atoms with E-state index in [0.717, 1.165) is 30.2 Å². The van der Waals surface area contributed by atoms with Crippen molar-refractivity contribution in [2.24, 2.45) is 0 Å². The second kappa shape index (κ2) is 20.1. The number of rotatable bonds is 20. The van der Waals surface area contributed by atoms with Crippen LogP contribution in [0.3, 0.4) is 0 Å². The third kappa shape index (κ3) is 14.5. The highest BCUT2D eigenvalue weighted by molar-refractivity contribution is 9.10. The van der Waals surface area contributed by atoms with Gasteiger partial charge in [-0.05, 0) is 31.0 Å². The van der Waals surface area contributed by atoms with Gasteiger partial charge in [0, 0.05) is 4.47 Å². The van der Waals surface area contributed by atoms with Gasteiger partial charge in [0.15, 0.2) is 0 Å². The average Bonchev–Trinajstić information content (AvgIpc) is 2.81. The summed E-state index contributed by atoms with van der Waals surface area (Å²) >= 11 is 3.39. The molecule has 0 amide bonds. The van der Waals surface area contributed by atoms with Crippen molar-refractivity contribution >= 4 is 27.9 Å². The number of ether oxygens (including phenoxy) is 2. The van der Waals surface area contributed by atoms with Gasteiger partial charge in [-0.1, -0.05) is 120 Å². The van der Waals surface area contributed by atoms with Crippen LogP contribution in [-0.2, 0) is 9.47 Å². The molecule has 0 aromatic heterocycles. The number of halogens is 1. The van der Waals surface area contributed by atoms with Crippen LogP contribution in [-0.4, -0.2) is 25.2 Å². The summed E-state index contributed by atoms with van der Waals surface area (Å²) in [5.41, 5.74) is 0.545. The first-order valence-electron chi connectivity index (χ1n) is 13.2. The van der Waals surface area contributed by atoms with E-state index in [0.29, 0.717) is 13.2 Å². The summed E-state index contributed by atoms with van der Waals surface area (Å²) in [7, 11) is 0. The highest BCUT2D eigenvalue weighted by atomic mass is 79.9. The van der Waals surface area contributed by atoms with Crippen molar-refractivity contribution in [3.05, 3.63) is 33.8 Å². The number of unbranched alkanes of at least 4 members (excludes halogenated alkanes) is 14. The van der Waals surface area contributed by atoms with E-state index in [1.54, 1.807) is 18.2 Å². The van der Waals surface area contributed by atoms with Gasteiger partial charge in [-0.25, -0.2) is 9.59 Å². The third-order valence-corrected chi connectivity index (χ3v) is 6.38. The van der Waals surface area contributed by atoms with Crippen molar-refractivity contribution < 1.29 is 19.1 Å². The van der Waals surface area contributed by atoms with E-state index in [-0.39, 0.29) is 11.1 Å². The van der Waals surface area contributed by atoms with Gasteiger partial charge in [-0.15, -0.1) is 0 Å². The van der Waals surface area contributed by atoms with Crippen LogP contribution in [0, 0.1) is 0 Å². The van der Waals surface area contributed by atoms with Crippen molar-refractivity contribution in [2.75, 3.05) is 13.2 Å². The molecule has 0 spiro atoms. The fourth-order valence-electron chi connectivity index (χ4n) is 3.82. The zero-order chi connectivity index (χ0) is 24.2. The molecule has 5 heteroatoms. The van der Waals surface area contributed by atoms with Crippen LogP contribution in [0.25, 0.3) is 0 Å². The number of esters is 2. The summed E-state index contributed by atoms with van der Waals surface area (Å²) < 4.78 is 11.6. The van der Waals surface area contributed by atoms with E-state index in [2.05, 4.69) is 29.8 Å². The molecule has 4 nitrogen and oxygen atoms in total. The Bertz CT molecular complexity index is 659. The minimum absolute atomic E-state index is 0.268. The zero-order valence-corrected chi connectivity index (χ0v) is 22.6. The lowest BCUT2D eigenvalue weighted by Gasteiger charge is -2.11. The molecule has 0 aliphatic rings. The van der Waals surface area contributed by atoms with Crippen molar-refractivity contribution in [3.8, 4) is 0 Å². The van der Waals surface area contributed by atoms with Crippen molar-refractivity contribution in [3.63, 3.8) is 0 Å². The van der Waals surface area contributed by atoms with Crippen molar-refractivity contribution in [2.45, 2.75) is 117 Å². The number of benzene rings is 1. The minimum atomic E-state index is -0.460. The Morgan fingerprint density at radius 1 is 0.606 bits per heavy atom. The molecule has 0 saturated heterocycles. The summed E-state index contributed by atoms with van der Waals surface area (Å²) in [6.45, 7) is 5.22. The SMILES string of the molecule is CCCCCCCCCCOC(=O)c1ccc(Br)cc1C(=O)OCCCCCCCCCC. The molecular formula is C28H45BrO4. The summed E-state index contributed by atoms with van der Waals surface area (Å²) in [6, 6.07) is 5.03. The maximum absolute atomic E-state index is 12.6. The Balaban J connectivity index is 2.32. The quantitative estimate of drug-likeness (QED) is 0.126. The Morgan fingerprint density at radius 3 is 1.45 bits per heavy atom. The normalized spacial score (nSPS) is 10.9. The van der Waals surface area contributed by atoms with Crippen molar-refractivity contribution in [1.29, 1.82) is 0 Å². The second-order valence-corrected chi connectivity index (χ2v) is 9.83. The first-order chi connectivity index (χ1) is 16.1. The number of hydrogen-bond acceptors (Lipinski definition) is 4. The Kier molecular flexibility index (Phi) is 18.0. The molecule has 1 aromatic carbocycles. The van der Waals surface area contributed by atoms with E-state index >= 15 is 0 Å². The standard InChI is InChI=1S/C28H45BrO4/c1-3-5-7-9-11-13-15-17-21-32-27(30)25-20-19-24(29)23-26(25)28(31)33-22-18-16-14-12-10-8-6-4-2/h19-20,23H,3-18,21-22H2,1-2H3.